The zero-order valence-electron chi connectivity index (χ0n) is 14.0. The Balaban J connectivity index is 1.70. The van der Waals surface area contributed by atoms with Crippen LogP contribution in [0.1, 0.15) is 15.9 Å². The van der Waals surface area contributed by atoms with Crippen LogP contribution in [0.4, 0.5) is 5.69 Å². The Morgan fingerprint density at radius 3 is 2.04 bits per heavy atom. The Bertz CT molecular complexity index is 1080. The van der Waals surface area contributed by atoms with Crippen molar-refractivity contribution in [1.82, 2.24) is 5.43 Å². The van der Waals surface area contributed by atoms with Gasteiger partial charge in [-0.25, -0.2) is 5.43 Å². The number of hydrogen-bond donors (Lipinski definition) is 2. The molecule has 3 N–H and O–H groups in total. The molecule has 0 saturated heterocycles. The fourth-order valence-corrected chi connectivity index (χ4v) is 3.04. The molecule has 0 aliphatic heterocycles. The molecule has 0 aromatic heterocycles. The third kappa shape index (κ3) is 3.00. The Hall–Kier alpha value is -3.66. The Labute approximate surface area is 150 Å². The van der Waals surface area contributed by atoms with Crippen LogP contribution in [-0.4, -0.2) is 12.1 Å². The largest absolute Gasteiger partial charge is 0.399 e. The summed E-state index contributed by atoms with van der Waals surface area (Å²) in [5, 5.41) is 8.65. The van der Waals surface area contributed by atoms with Gasteiger partial charge in [0, 0.05) is 16.8 Å². The lowest BCUT2D eigenvalue weighted by atomic mass is 9.97. The van der Waals surface area contributed by atoms with E-state index in [1.165, 1.54) is 0 Å². The highest BCUT2D eigenvalue weighted by Gasteiger charge is 2.06. The normalized spacial score (nSPS) is 11.2. The molecule has 126 valence electrons. The summed E-state index contributed by atoms with van der Waals surface area (Å²) in [6, 6.07) is 25.2. The standard InChI is InChI=1S/C22H17N3O/c23-18-11-9-15(10-12-18)22(26)25-24-14-21-19-7-3-1-5-16(19)13-17-6-2-4-8-20(17)21/h1-14H,23H2,(H,25,26). The molecule has 4 aromatic rings. The number of hydrazone groups is 1. The lowest BCUT2D eigenvalue weighted by Gasteiger charge is -2.08. The van der Waals surface area contributed by atoms with Crippen LogP contribution < -0.4 is 11.2 Å². The van der Waals surface area contributed by atoms with Crippen molar-refractivity contribution in [2.24, 2.45) is 5.10 Å². The number of nitrogens with zero attached hydrogens (tertiary/aromatic N) is 1. The van der Waals surface area contributed by atoms with E-state index in [-0.39, 0.29) is 5.91 Å². The van der Waals surface area contributed by atoms with Gasteiger partial charge in [0.2, 0.25) is 0 Å². The van der Waals surface area contributed by atoms with Crippen molar-refractivity contribution < 1.29 is 4.79 Å². The SMILES string of the molecule is Nc1ccc(C(=O)NN=Cc2c3ccccc3cc3ccccc23)cc1. The fraction of sp³-hybridized carbons (Fsp3) is 0. The van der Waals surface area contributed by atoms with Crippen molar-refractivity contribution in [2.75, 3.05) is 5.73 Å². The number of carbonyl (C=O) groups is 1. The smallest absolute Gasteiger partial charge is 0.271 e. The quantitative estimate of drug-likeness (QED) is 0.252. The average Bonchev–Trinajstić information content (AvgIpc) is 2.68. The maximum Gasteiger partial charge on any atom is 0.271 e. The lowest BCUT2D eigenvalue weighted by Crippen LogP contribution is -2.17. The first-order chi connectivity index (χ1) is 12.7. The number of benzene rings is 4. The van der Waals surface area contributed by atoms with E-state index >= 15 is 0 Å². The highest BCUT2D eigenvalue weighted by Crippen LogP contribution is 2.27. The van der Waals surface area contributed by atoms with Gasteiger partial charge < -0.3 is 5.73 Å². The summed E-state index contributed by atoms with van der Waals surface area (Å²) < 4.78 is 0. The number of rotatable bonds is 3. The number of nitrogen functional groups attached to an aromatic ring is 1. The van der Waals surface area contributed by atoms with Crippen LogP contribution in [0.2, 0.25) is 0 Å². The zero-order chi connectivity index (χ0) is 17.9. The Morgan fingerprint density at radius 2 is 1.42 bits per heavy atom. The number of nitrogens with one attached hydrogen (secondary N) is 1. The van der Waals surface area contributed by atoms with Crippen LogP contribution >= 0.6 is 0 Å². The molecule has 0 saturated carbocycles. The van der Waals surface area contributed by atoms with E-state index < -0.39 is 0 Å². The second kappa shape index (κ2) is 6.69. The van der Waals surface area contributed by atoms with Crippen LogP contribution in [0.15, 0.2) is 84.0 Å². The minimum Gasteiger partial charge on any atom is -0.399 e. The molecule has 0 bridgehead atoms. The van der Waals surface area contributed by atoms with Gasteiger partial charge in [0.1, 0.15) is 0 Å². The van der Waals surface area contributed by atoms with Crippen molar-refractivity contribution in [3.05, 3.63) is 90.0 Å². The third-order valence-electron chi connectivity index (χ3n) is 4.35. The summed E-state index contributed by atoms with van der Waals surface area (Å²) >= 11 is 0. The zero-order valence-corrected chi connectivity index (χ0v) is 14.0. The molecule has 4 aromatic carbocycles. The number of nitrogens with two attached hydrogens (primary N) is 1. The highest BCUT2D eigenvalue weighted by molar-refractivity contribution is 6.13. The van der Waals surface area contributed by atoms with Crippen LogP contribution in [0, 0.1) is 0 Å². The maximum atomic E-state index is 12.2. The van der Waals surface area contributed by atoms with Crippen molar-refractivity contribution >= 4 is 39.4 Å². The summed E-state index contributed by atoms with van der Waals surface area (Å²) in [6.07, 6.45) is 1.71. The molecule has 1 amide bonds. The highest BCUT2D eigenvalue weighted by atomic mass is 16.2. The minimum absolute atomic E-state index is 0.272. The van der Waals surface area contributed by atoms with E-state index in [1.54, 1.807) is 30.5 Å². The fourth-order valence-electron chi connectivity index (χ4n) is 3.04. The molecule has 26 heavy (non-hydrogen) atoms. The molecule has 0 atom stereocenters. The van der Waals surface area contributed by atoms with Crippen LogP contribution in [0.3, 0.4) is 0 Å². The molecule has 0 aliphatic carbocycles. The van der Waals surface area contributed by atoms with Crippen LogP contribution in [-0.2, 0) is 0 Å². The summed E-state index contributed by atoms with van der Waals surface area (Å²) in [4.78, 5) is 12.2. The molecule has 0 aliphatic rings. The van der Waals surface area contributed by atoms with Gasteiger partial charge in [0.15, 0.2) is 0 Å². The number of anilines is 1. The predicted octanol–water partition coefficient (Wildman–Crippen LogP) is 4.34. The van der Waals surface area contributed by atoms with Gasteiger partial charge in [-0.1, -0.05) is 48.5 Å². The number of hydrogen-bond acceptors (Lipinski definition) is 3. The van der Waals surface area contributed by atoms with E-state index in [1.807, 2.05) is 24.3 Å². The van der Waals surface area contributed by atoms with Gasteiger partial charge in [-0.3, -0.25) is 4.79 Å². The summed E-state index contributed by atoms with van der Waals surface area (Å²) in [7, 11) is 0. The van der Waals surface area contributed by atoms with Crippen molar-refractivity contribution in [1.29, 1.82) is 0 Å². The number of fused-ring (bicyclic) bond motifs is 2. The van der Waals surface area contributed by atoms with Crippen LogP contribution in [0.5, 0.6) is 0 Å². The molecule has 0 fully saturated rings. The molecule has 0 radical (unpaired) electrons. The van der Waals surface area contributed by atoms with Gasteiger partial charge in [0.05, 0.1) is 6.21 Å². The van der Waals surface area contributed by atoms with Gasteiger partial charge >= 0.3 is 0 Å². The minimum atomic E-state index is -0.272. The van der Waals surface area contributed by atoms with Crippen molar-refractivity contribution in [2.45, 2.75) is 0 Å². The predicted molar refractivity (Wildman–Crippen MR) is 107 cm³/mol. The van der Waals surface area contributed by atoms with Crippen molar-refractivity contribution in [3.8, 4) is 0 Å². The first-order valence-electron chi connectivity index (χ1n) is 8.32. The van der Waals surface area contributed by atoms with E-state index in [2.05, 4.69) is 40.9 Å². The summed E-state index contributed by atoms with van der Waals surface area (Å²) in [5.41, 5.74) is 10.3. The third-order valence-corrected chi connectivity index (χ3v) is 4.35. The monoisotopic (exact) mass is 339 g/mol. The van der Waals surface area contributed by atoms with E-state index in [9.17, 15) is 4.79 Å². The van der Waals surface area contributed by atoms with E-state index in [4.69, 9.17) is 5.73 Å². The van der Waals surface area contributed by atoms with Crippen molar-refractivity contribution in [3.63, 3.8) is 0 Å². The Morgan fingerprint density at radius 1 is 0.846 bits per heavy atom. The molecular formula is C22H17N3O. The van der Waals surface area contributed by atoms with Gasteiger partial charge in [-0.2, -0.15) is 5.10 Å². The van der Waals surface area contributed by atoms with Gasteiger partial charge in [-0.15, -0.1) is 0 Å². The average molecular weight is 339 g/mol. The lowest BCUT2D eigenvalue weighted by molar-refractivity contribution is 0.0955. The molecule has 4 rings (SSSR count). The number of amides is 1. The molecule has 0 heterocycles. The second-order valence-electron chi connectivity index (χ2n) is 6.05. The van der Waals surface area contributed by atoms with E-state index in [0.717, 1.165) is 27.1 Å². The van der Waals surface area contributed by atoms with Gasteiger partial charge in [-0.05, 0) is 51.9 Å². The van der Waals surface area contributed by atoms with Crippen LogP contribution in [0.25, 0.3) is 21.5 Å². The van der Waals surface area contributed by atoms with E-state index in [0.29, 0.717) is 11.3 Å². The first kappa shape index (κ1) is 15.8. The summed E-state index contributed by atoms with van der Waals surface area (Å²) in [5.74, 6) is -0.272. The topological polar surface area (TPSA) is 67.5 Å². The summed E-state index contributed by atoms with van der Waals surface area (Å²) in [6.45, 7) is 0. The maximum absolute atomic E-state index is 12.2. The molecular weight excluding hydrogens is 322 g/mol. The Kier molecular flexibility index (Phi) is 4.07. The molecule has 4 nitrogen and oxygen atoms in total. The van der Waals surface area contributed by atoms with Gasteiger partial charge in [0.25, 0.3) is 5.91 Å². The number of carbonyl (C=O) groups excluding carboxylic acids is 1. The molecule has 4 heteroatoms. The second-order valence-corrected chi connectivity index (χ2v) is 6.05. The molecule has 0 spiro atoms. The first-order valence-corrected chi connectivity index (χ1v) is 8.32. The molecule has 0 unspecified atom stereocenters.